The van der Waals surface area contributed by atoms with E-state index in [0.717, 1.165) is 11.3 Å². The van der Waals surface area contributed by atoms with Crippen LogP contribution in [0.4, 0.5) is 17.1 Å². The van der Waals surface area contributed by atoms with Crippen molar-refractivity contribution in [1.82, 2.24) is 0 Å². The zero-order valence-electron chi connectivity index (χ0n) is 11.8. The average molecular weight is 279 g/mol. The minimum atomic E-state index is -0.884. The number of anilines is 3. The summed E-state index contributed by atoms with van der Waals surface area (Å²) >= 11 is 0. The van der Waals surface area contributed by atoms with E-state index in [0.29, 0.717) is 37.4 Å². The van der Waals surface area contributed by atoms with Gasteiger partial charge in [0, 0.05) is 32.4 Å². The van der Waals surface area contributed by atoms with Crippen LogP contribution in [0.25, 0.3) is 0 Å². The zero-order chi connectivity index (χ0) is 14.8. The second-order valence-corrected chi connectivity index (χ2v) is 5.41. The first-order chi connectivity index (χ1) is 9.41. The fourth-order valence-corrected chi connectivity index (χ4v) is 2.14. The van der Waals surface area contributed by atoms with Crippen LogP contribution in [-0.2, 0) is 16.0 Å². The maximum atomic E-state index is 11.3. The molecule has 0 aliphatic carbocycles. The number of hydrogen-bond donors (Lipinski definition) is 4. The van der Waals surface area contributed by atoms with Crippen molar-refractivity contribution in [1.29, 1.82) is 0 Å². The molecule has 0 fully saturated rings. The molecule has 1 heterocycles. The summed E-state index contributed by atoms with van der Waals surface area (Å²) in [5.41, 5.74) is 8.05. The third-order valence-electron chi connectivity index (χ3n) is 3.40. The molecule has 1 aromatic carbocycles. The number of amides is 1. The molecule has 5 N–H and O–H groups in total. The van der Waals surface area contributed by atoms with Crippen molar-refractivity contribution in [3.63, 3.8) is 0 Å². The van der Waals surface area contributed by atoms with Gasteiger partial charge in [-0.1, -0.05) is 0 Å². The standard InChI is InChI=1S/C14H21N3O3/c1-14(19,3-4-20-2)8-16-12-7-11-9(5-10(12)15)6-13(18)17-11/h5,7,16,19H,3-4,6,8,15H2,1-2H3,(H,17,18). The molecule has 1 unspecified atom stereocenters. The lowest BCUT2D eigenvalue weighted by molar-refractivity contribution is -0.115. The molecule has 1 amide bonds. The van der Waals surface area contributed by atoms with Crippen LogP contribution in [0.5, 0.6) is 0 Å². The Bertz CT molecular complexity index is 515. The van der Waals surface area contributed by atoms with Crippen LogP contribution in [0.1, 0.15) is 18.9 Å². The topological polar surface area (TPSA) is 96.6 Å². The predicted octanol–water partition coefficient (Wildman–Crippen LogP) is 0.963. The largest absolute Gasteiger partial charge is 0.397 e. The number of ether oxygens (including phenoxy) is 1. The van der Waals surface area contributed by atoms with Gasteiger partial charge in [0.2, 0.25) is 5.91 Å². The fraction of sp³-hybridized carbons (Fsp3) is 0.500. The highest BCUT2D eigenvalue weighted by Gasteiger charge is 2.22. The van der Waals surface area contributed by atoms with Gasteiger partial charge < -0.3 is 26.2 Å². The molecule has 2 rings (SSSR count). The van der Waals surface area contributed by atoms with Crippen molar-refractivity contribution in [2.24, 2.45) is 0 Å². The Morgan fingerprint density at radius 2 is 2.30 bits per heavy atom. The maximum absolute atomic E-state index is 11.3. The number of nitrogens with one attached hydrogen (secondary N) is 2. The highest BCUT2D eigenvalue weighted by atomic mass is 16.5. The Labute approximate surface area is 118 Å². The summed E-state index contributed by atoms with van der Waals surface area (Å²) in [4.78, 5) is 11.3. The number of fused-ring (bicyclic) bond motifs is 1. The Hall–Kier alpha value is -1.79. The van der Waals surface area contributed by atoms with Crippen molar-refractivity contribution >= 4 is 23.0 Å². The summed E-state index contributed by atoms with van der Waals surface area (Å²) in [6.45, 7) is 2.59. The SMILES string of the molecule is COCCC(C)(O)CNc1cc2c(cc1N)CC(=O)N2. The first-order valence-electron chi connectivity index (χ1n) is 6.59. The summed E-state index contributed by atoms with van der Waals surface area (Å²) in [5, 5.41) is 16.1. The monoisotopic (exact) mass is 279 g/mol. The molecule has 1 atom stereocenters. The van der Waals surface area contributed by atoms with Crippen LogP contribution < -0.4 is 16.4 Å². The molecule has 0 saturated carbocycles. The molecule has 0 saturated heterocycles. The van der Waals surface area contributed by atoms with Crippen molar-refractivity contribution < 1.29 is 14.6 Å². The van der Waals surface area contributed by atoms with E-state index < -0.39 is 5.60 Å². The molecular formula is C14H21N3O3. The Kier molecular flexibility index (Phi) is 4.15. The lowest BCUT2D eigenvalue weighted by Gasteiger charge is -2.24. The molecule has 1 aliphatic heterocycles. The van der Waals surface area contributed by atoms with Crippen molar-refractivity contribution in [3.8, 4) is 0 Å². The lowest BCUT2D eigenvalue weighted by atomic mass is 10.0. The average Bonchev–Trinajstić information content (AvgIpc) is 2.73. The quantitative estimate of drug-likeness (QED) is 0.582. The van der Waals surface area contributed by atoms with Gasteiger partial charge in [-0.2, -0.15) is 0 Å². The van der Waals surface area contributed by atoms with Gasteiger partial charge >= 0.3 is 0 Å². The third kappa shape index (κ3) is 3.40. The highest BCUT2D eigenvalue weighted by Crippen LogP contribution is 2.31. The van der Waals surface area contributed by atoms with Crippen molar-refractivity contribution in [3.05, 3.63) is 17.7 Å². The number of aliphatic hydroxyl groups is 1. The molecule has 6 nitrogen and oxygen atoms in total. The van der Waals surface area contributed by atoms with Gasteiger partial charge in [-0.05, 0) is 24.6 Å². The van der Waals surface area contributed by atoms with Crippen LogP contribution in [0.3, 0.4) is 0 Å². The zero-order valence-corrected chi connectivity index (χ0v) is 11.8. The summed E-state index contributed by atoms with van der Waals surface area (Å²) in [6.07, 6.45) is 0.892. The van der Waals surface area contributed by atoms with Crippen LogP contribution >= 0.6 is 0 Å². The normalized spacial score (nSPS) is 16.4. The molecule has 1 aliphatic rings. The van der Waals surface area contributed by atoms with E-state index in [1.54, 1.807) is 20.1 Å². The molecule has 0 bridgehead atoms. The number of methoxy groups -OCH3 is 1. The highest BCUT2D eigenvalue weighted by molar-refractivity contribution is 6.00. The number of nitrogens with two attached hydrogens (primary N) is 1. The number of nitrogen functional groups attached to an aromatic ring is 1. The third-order valence-corrected chi connectivity index (χ3v) is 3.40. The van der Waals surface area contributed by atoms with Crippen LogP contribution in [-0.4, -0.2) is 36.9 Å². The first-order valence-corrected chi connectivity index (χ1v) is 6.59. The van der Waals surface area contributed by atoms with E-state index in [1.165, 1.54) is 0 Å². The predicted molar refractivity (Wildman–Crippen MR) is 78.8 cm³/mol. The van der Waals surface area contributed by atoms with Gasteiger partial charge in [0.15, 0.2) is 0 Å². The minimum Gasteiger partial charge on any atom is -0.397 e. The van der Waals surface area contributed by atoms with Crippen molar-refractivity contribution in [2.75, 3.05) is 36.6 Å². The molecule has 1 aromatic rings. The van der Waals surface area contributed by atoms with Gasteiger partial charge in [-0.25, -0.2) is 0 Å². The molecular weight excluding hydrogens is 258 g/mol. The smallest absolute Gasteiger partial charge is 0.228 e. The van der Waals surface area contributed by atoms with Gasteiger partial charge in [-0.15, -0.1) is 0 Å². The number of carbonyl (C=O) groups is 1. The van der Waals surface area contributed by atoms with E-state index in [1.807, 2.05) is 6.07 Å². The van der Waals surface area contributed by atoms with Gasteiger partial charge in [0.1, 0.15) is 0 Å². The number of rotatable bonds is 6. The number of benzene rings is 1. The summed E-state index contributed by atoms with van der Waals surface area (Å²) in [5.74, 6) is -0.0244. The van der Waals surface area contributed by atoms with Gasteiger partial charge in [-0.3, -0.25) is 4.79 Å². The van der Waals surface area contributed by atoms with Crippen LogP contribution in [0.2, 0.25) is 0 Å². The maximum Gasteiger partial charge on any atom is 0.228 e. The Balaban J connectivity index is 2.04. The van der Waals surface area contributed by atoms with E-state index in [9.17, 15) is 9.90 Å². The molecule has 110 valence electrons. The van der Waals surface area contributed by atoms with Crippen molar-refractivity contribution in [2.45, 2.75) is 25.4 Å². The fourth-order valence-electron chi connectivity index (χ4n) is 2.14. The first kappa shape index (κ1) is 14.6. The van der Waals surface area contributed by atoms with E-state index in [2.05, 4.69) is 10.6 Å². The van der Waals surface area contributed by atoms with Crippen LogP contribution in [0, 0.1) is 0 Å². The minimum absolute atomic E-state index is 0.0244. The molecule has 0 aromatic heterocycles. The number of carbonyl (C=O) groups excluding carboxylic acids is 1. The number of hydrogen-bond acceptors (Lipinski definition) is 5. The van der Waals surface area contributed by atoms with Crippen LogP contribution in [0.15, 0.2) is 12.1 Å². The molecule has 0 radical (unpaired) electrons. The lowest BCUT2D eigenvalue weighted by Crippen LogP contribution is -2.34. The van der Waals surface area contributed by atoms with E-state index in [-0.39, 0.29) is 5.91 Å². The Morgan fingerprint density at radius 1 is 1.55 bits per heavy atom. The van der Waals surface area contributed by atoms with E-state index in [4.69, 9.17) is 10.5 Å². The molecule has 0 spiro atoms. The summed E-state index contributed by atoms with van der Waals surface area (Å²) in [7, 11) is 1.60. The van der Waals surface area contributed by atoms with Gasteiger partial charge in [0.05, 0.1) is 23.4 Å². The summed E-state index contributed by atoms with van der Waals surface area (Å²) in [6, 6.07) is 3.60. The molecule has 6 heteroatoms. The Morgan fingerprint density at radius 3 is 3.00 bits per heavy atom. The van der Waals surface area contributed by atoms with E-state index >= 15 is 0 Å². The molecule has 20 heavy (non-hydrogen) atoms. The van der Waals surface area contributed by atoms with Gasteiger partial charge in [0.25, 0.3) is 0 Å². The second kappa shape index (κ2) is 5.68. The summed E-state index contributed by atoms with van der Waals surface area (Å²) < 4.78 is 4.97. The second-order valence-electron chi connectivity index (χ2n) is 5.41.